The second-order valence-electron chi connectivity index (χ2n) is 6.45. The summed E-state index contributed by atoms with van der Waals surface area (Å²) >= 11 is 0. The van der Waals surface area contributed by atoms with Gasteiger partial charge in [-0.3, -0.25) is 9.59 Å². The van der Waals surface area contributed by atoms with Gasteiger partial charge in [0.1, 0.15) is 17.2 Å². The van der Waals surface area contributed by atoms with Gasteiger partial charge >= 0.3 is 0 Å². The zero-order valence-electron chi connectivity index (χ0n) is 13.8. The van der Waals surface area contributed by atoms with Crippen molar-refractivity contribution in [2.75, 3.05) is 6.54 Å². The van der Waals surface area contributed by atoms with Crippen LogP contribution in [-0.4, -0.2) is 28.1 Å². The Balaban J connectivity index is 1.88. The molecule has 2 aromatic rings. The molecule has 1 aliphatic heterocycles. The van der Waals surface area contributed by atoms with Gasteiger partial charge in [-0.15, -0.1) is 0 Å². The van der Waals surface area contributed by atoms with Crippen molar-refractivity contribution in [2.24, 2.45) is 5.92 Å². The number of H-pyrrole nitrogens is 1. The van der Waals surface area contributed by atoms with E-state index in [9.17, 15) is 9.59 Å². The van der Waals surface area contributed by atoms with E-state index in [2.05, 4.69) is 11.9 Å². The molecule has 0 bridgehead atoms. The summed E-state index contributed by atoms with van der Waals surface area (Å²) in [7, 11) is 0. The molecule has 0 unspecified atom stereocenters. The first-order valence-corrected chi connectivity index (χ1v) is 8.02. The molecule has 3 rings (SSSR count). The quantitative estimate of drug-likeness (QED) is 0.878. The molecule has 122 valence electrons. The molecular formula is C18H22N2O3. The van der Waals surface area contributed by atoms with Crippen molar-refractivity contribution in [3.63, 3.8) is 0 Å². The zero-order valence-corrected chi connectivity index (χ0v) is 13.8. The minimum Gasteiger partial charge on any atom is -0.464 e. The molecule has 2 aromatic heterocycles. The van der Waals surface area contributed by atoms with Crippen molar-refractivity contribution in [1.82, 2.24) is 9.88 Å². The van der Waals surface area contributed by atoms with Gasteiger partial charge < -0.3 is 14.3 Å². The minimum atomic E-state index is -0.0801. The summed E-state index contributed by atoms with van der Waals surface area (Å²) in [6.07, 6.45) is 3.45. The molecule has 5 heteroatoms. The van der Waals surface area contributed by atoms with E-state index in [0.717, 1.165) is 24.4 Å². The number of amides is 1. The number of aromatic amines is 1. The van der Waals surface area contributed by atoms with Crippen molar-refractivity contribution in [2.45, 2.75) is 39.7 Å². The van der Waals surface area contributed by atoms with Gasteiger partial charge in [0.2, 0.25) is 0 Å². The largest absolute Gasteiger partial charge is 0.464 e. The lowest BCUT2D eigenvalue weighted by atomic mass is 9.91. The maximum absolute atomic E-state index is 12.9. The topological polar surface area (TPSA) is 66.3 Å². The van der Waals surface area contributed by atoms with Gasteiger partial charge in [-0.2, -0.15) is 0 Å². The van der Waals surface area contributed by atoms with E-state index in [1.807, 2.05) is 24.0 Å². The zero-order chi connectivity index (χ0) is 16.6. The van der Waals surface area contributed by atoms with E-state index in [-0.39, 0.29) is 17.7 Å². The van der Waals surface area contributed by atoms with Crippen LogP contribution in [0.5, 0.6) is 0 Å². The average Bonchev–Trinajstić information content (AvgIpc) is 3.15. The Hall–Kier alpha value is -2.30. The van der Waals surface area contributed by atoms with Crippen molar-refractivity contribution in [1.29, 1.82) is 0 Å². The molecule has 0 saturated carbocycles. The first kappa shape index (κ1) is 15.6. The number of furan rings is 1. The van der Waals surface area contributed by atoms with Crippen molar-refractivity contribution < 1.29 is 14.0 Å². The number of hydrogen-bond donors (Lipinski definition) is 1. The van der Waals surface area contributed by atoms with Crippen molar-refractivity contribution >= 4 is 11.7 Å². The Morgan fingerprint density at radius 3 is 2.74 bits per heavy atom. The standard InChI is InChI=1S/C18H22N2O3/c1-11-6-7-20(16(8-11)17-5-4-12(2)23-17)18(22)15-9-14(10-19-15)13(3)21/h4-5,9-11,16,19H,6-8H2,1-3H3/t11-,16-/m0/s1. The van der Waals surface area contributed by atoms with E-state index in [1.54, 1.807) is 12.3 Å². The third kappa shape index (κ3) is 3.09. The van der Waals surface area contributed by atoms with Crippen LogP contribution in [0.4, 0.5) is 0 Å². The number of nitrogens with one attached hydrogen (secondary N) is 1. The number of nitrogens with zero attached hydrogens (tertiary/aromatic N) is 1. The second-order valence-corrected chi connectivity index (χ2v) is 6.45. The molecule has 1 amide bonds. The van der Waals surface area contributed by atoms with E-state index in [0.29, 0.717) is 23.7 Å². The number of rotatable bonds is 3. The van der Waals surface area contributed by atoms with Gasteiger partial charge in [-0.1, -0.05) is 6.92 Å². The van der Waals surface area contributed by atoms with Crippen molar-refractivity contribution in [3.8, 4) is 0 Å². The summed E-state index contributed by atoms with van der Waals surface area (Å²) in [4.78, 5) is 29.1. The van der Waals surface area contributed by atoms with Crippen molar-refractivity contribution in [3.05, 3.63) is 47.2 Å². The lowest BCUT2D eigenvalue weighted by Crippen LogP contribution is -2.40. The fourth-order valence-corrected chi connectivity index (χ4v) is 3.16. The van der Waals surface area contributed by atoms with E-state index in [4.69, 9.17) is 4.42 Å². The maximum Gasteiger partial charge on any atom is 0.270 e. The third-order valence-electron chi connectivity index (χ3n) is 4.54. The Morgan fingerprint density at radius 2 is 2.13 bits per heavy atom. The molecular weight excluding hydrogens is 292 g/mol. The summed E-state index contributed by atoms with van der Waals surface area (Å²) in [6, 6.07) is 5.46. The fraction of sp³-hybridized carbons (Fsp3) is 0.444. The third-order valence-corrected chi connectivity index (χ3v) is 4.54. The SMILES string of the molecule is CC(=O)c1c[nH]c(C(=O)N2CC[C@H](C)C[C@H]2c2ccc(C)o2)c1. The van der Waals surface area contributed by atoms with Crippen LogP contribution in [0, 0.1) is 12.8 Å². The van der Waals surface area contributed by atoms with Gasteiger partial charge in [-0.25, -0.2) is 0 Å². The number of likely N-dealkylation sites (tertiary alicyclic amines) is 1. The summed E-state index contributed by atoms with van der Waals surface area (Å²) in [5, 5.41) is 0. The Bertz CT molecular complexity index is 728. The number of carbonyl (C=O) groups is 2. The molecule has 0 spiro atoms. The van der Waals surface area contributed by atoms with E-state index in [1.165, 1.54) is 6.92 Å². The molecule has 1 saturated heterocycles. The Kier molecular flexibility index (Phi) is 4.11. The van der Waals surface area contributed by atoms with Gasteiger partial charge in [0.25, 0.3) is 5.91 Å². The summed E-state index contributed by atoms with van der Waals surface area (Å²) < 4.78 is 5.77. The first-order chi connectivity index (χ1) is 11.0. The summed E-state index contributed by atoms with van der Waals surface area (Å²) in [5.41, 5.74) is 0.988. The van der Waals surface area contributed by atoms with Crippen LogP contribution in [0.2, 0.25) is 0 Å². The van der Waals surface area contributed by atoms with Crippen LogP contribution in [-0.2, 0) is 0 Å². The summed E-state index contributed by atoms with van der Waals surface area (Å²) in [6.45, 7) is 6.30. The number of hydrogen-bond acceptors (Lipinski definition) is 3. The molecule has 2 atom stereocenters. The molecule has 1 aliphatic rings. The number of carbonyl (C=O) groups excluding carboxylic acids is 2. The van der Waals surface area contributed by atoms with Crippen LogP contribution in [0.3, 0.4) is 0 Å². The number of piperidine rings is 1. The highest BCUT2D eigenvalue weighted by molar-refractivity contribution is 5.99. The first-order valence-electron chi connectivity index (χ1n) is 8.02. The second kappa shape index (κ2) is 6.07. The molecule has 5 nitrogen and oxygen atoms in total. The predicted octanol–water partition coefficient (Wildman–Crippen LogP) is 3.73. The van der Waals surface area contributed by atoms with E-state index < -0.39 is 0 Å². The highest BCUT2D eigenvalue weighted by Gasteiger charge is 2.34. The van der Waals surface area contributed by atoms with Gasteiger partial charge in [-0.05, 0) is 50.8 Å². The smallest absolute Gasteiger partial charge is 0.270 e. The molecule has 0 aliphatic carbocycles. The van der Waals surface area contributed by atoms with Crippen LogP contribution < -0.4 is 0 Å². The Labute approximate surface area is 135 Å². The van der Waals surface area contributed by atoms with Crippen LogP contribution in [0.25, 0.3) is 0 Å². The van der Waals surface area contributed by atoms with Gasteiger partial charge in [0.15, 0.2) is 5.78 Å². The van der Waals surface area contributed by atoms with E-state index >= 15 is 0 Å². The minimum absolute atomic E-state index is 0.0502. The highest BCUT2D eigenvalue weighted by Crippen LogP contribution is 2.35. The predicted molar refractivity (Wildman–Crippen MR) is 86.4 cm³/mol. The molecule has 1 N–H and O–H groups in total. The summed E-state index contributed by atoms with van der Waals surface area (Å²) in [5.74, 6) is 2.10. The molecule has 0 radical (unpaired) electrons. The monoisotopic (exact) mass is 314 g/mol. The average molecular weight is 314 g/mol. The number of aryl methyl sites for hydroxylation is 1. The van der Waals surface area contributed by atoms with Gasteiger partial charge in [0.05, 0.1) is 6.04 Å². The maximum atomic E-state index is 12.9. The number of aromatic nitrogens is 1. The molecule has 3 heterocycles. The van der Waals surface area contributed by atoms with Crippen LogP contribution in [0.15, 0.2) is 28.8 Å². The lowest BCUT2D eigenvalue weighted by molar-refractivity contribution is 0.0514. The number of ketones is 1. The highest BCUT2D eigenvalue weighted by atomic mass is 16.3. The molecule has 1 fully saturated rings. The Morgan fingerprint density at radius 1 is 1.35 bits per heavy atom. The molecule has 23 heavy (non-hydrogen) atoms. The lowest BCUT2D eigenvalue weighted by Gasteiger charge is -2.37. The fourth-order valence-electron chi connectivity index (χ4n) is 3.16. The van der Waals surface area contributed by atoms with Crippen LogP contribution in [0.1, 0.15) is 65.1 Å². The number of Topliss-reactive ketones (excluding diaryl/α,β-unsaturated/α-hetero) is 1. The molecule has 0 aromatic carbocycles. The van der Waals surface area contributed by atoms with Crippen LogP contribution >= 0.6 is 0 Å². The van der Waals surface area contributed by atoms with Gasteiger partial charge in [0, 0.05) is 18.3 Å². The normalized spacial score (nSPS) is 21.4.